The molecule has 0 amide bonds. The molecule has 1 aromatic carbocycles. The molecule has 2 N–H and O–H groups in total. The third-order valence-electron chi connectivity index (χ3n) is 4.35. The fourth-order valence-electron chi connectivity index (χ4n) is 2.91. The normalized spacial score (nSPS) is 13.7. The van der Waals surface area contributed by atoms with Crippen LogP contribution >= 0.6 is 24.0 Å². The number of halogens is 2. The molecule has 6 nitrogen and oxygen atoms in total. The molecule has 3 rings (SSSR count). The molecule has 2 heterocycles. The standard InChI is InChI=1S/C18H25FN6.HI/c1-3-20-18(21-11-14-8-7-13(2)15(19)10-14)22-12-17-24-23-16-6-4-5-9-25(16)17;/h7-8,10H,3-6,9,11-12H2,1-2H3,(H2,20,21,22);1H. The van der Waals surface area contributed by atoms with E-state index < -0.39 is 0 Å². The van der Waals surface area contributed by atoms with Gasteiger partial charge in [-0.15, -0.1) is 34.2 Å². The number of guanidine groups is 1. The first-order chi connectivity index (χ1) is 12.2. The van der Waals surface area contributed by atoms with Crippen LogP contribution in [0.2, 0.25) is 0 Å². The molecule has 1 aliphatic heterocycles. The highest BCUT2D eigenvalue weighted by atomic mass is 127. The Morgan fingerprint density at radius 2 is 2.12 bits per heavy atom. The van der Waals surface area contributed by atoms with Gasteiger partial charge in [0.2, 0.25) is 0 Å². The van der Waals surface area contributed by atoms with Crippen LogP contribution in [0.5, 0.6) is 0 Å². The van der Waals surface area contributed by atoms with Gasteiger partial charge in [0.15, 0.2) is 11.8 Å². The van der Waals surface area contributed by atoms with Gasteiger partial charge < -0.3 is 15.2 Å². The van der Waals surface area contributed by atoms with E-state index >= 15 is 0 Å². The lowest BCUT2D eigenvalue weighted by molar-refractivity contribution is 0.504. The van der Waals surface area contributed by atoms with Crippen LogP contribution in [-0.4, -0.2) is 27.3 Å². The Hall–Kier alpha value is -1.71. The molecule has 0 spiro atoms. The Morgan fingerprint density at radius 1 is 1.27 bits per heavy atom. The first-order valence-corrected chi connectivity index (χ1v) is 8.85. The van der Waals surface area contributed by atoms with E-state index in [0.717, 1.165) is 36.7 Å². The summed E-state index contributed by atoms with van der Waals surface area (Å²) in [5.74, 6) is 2.50. The maximum Gasteiger partial charge on any atom is 0.191 e. The van der Waals surface area contributed by atoms with E-state index in [0.29, 0.717) is 24.6 Å². The molecule has 0 saturated heterocycles. The minimum absolute atomic E-state index is 0. The van der Waals surface area contributed by atoms with Gasteiger partial charge in [0.1, 0.15) is 11.6 Å². The fourth-order valence-corrected chi connectivity index (χ4v) is 2.91. The van der Waals surface area contributed by atoms with E-state index in [1.165, 1.54) is 18.9 Å². The van der Waals surface area contributed by atoms with Gasteiger partial charge in [-0.05, 0) is 43.9 Å². The van der Waals surface area contributed by atoms with Gasteiger partial charge in [0.25, 0.3) is 0 Å². The van der Waals surface area contributed by atoms with E-state index in [9.17, 15) is 4.39 Å². The van der Waals surface area contributed by atoms with Crippen molar-refractivity contribution >= 4 is 29.9 Å². The molecule has 0 aliphatic carbocycles. The number of aryl methyl sites for hydroxylation is 2. The molecule has 8 heteroatoms. The van der Waals surface area contributed by atoms with Gasteiger partial charge in [-0.1, -0.05) is 12.1 Å². The van der Waals surface area contributed by atoms with Crippen molar-refractivity contribution in [2.75, 3.05) is 6.54 Å². The molecule has 2 aromatic rings. The summed E-state index contributed by atoms with van der Waals surface area (Å²) < 4.78 is 15.8. The summed E-state index contributed by atoms with van der Waals surface area (Å²) in [6.45, 7) is 6.50. The molecular weight excluding hydrogens is 446 g/mol. The third-order valence-corrected chi connectivity index (χ3v) is 4.35. The minimum Gasteiger partial charge on any atom is -0.357 e. The summed E-state index contributed by atoms with van der Waals surface area (Å²) in [6, 6.07) is 5.22. The van der Waals surface area contributed by atoms with E-state index in [1.807, 2.05) is 13.0 Å². The molecule has 1 aliphatic rings. The Balaban J connectivity index is 0.00000243. The van der Waals surface area contributed by atoms with Gasteiger partial charge in [0.05, 0.1) is 13.1 Å². The van der Waals surface area contributed by atoms with Gasteiger partial charge in [-0.25, -0.2) is 9.38 Å². The zero-order chi connectivity index (χ0) is 17.6. The SMILES string of the molecule is CCNC(=NCc1ccc(C)c(F)c1)NCc1nnc2n1CCCC2.I. The Kier molecular flexibility index (Phi) is 7.80. The predicted molar refractivity (Wildman–Crippen MR) is 111 cm³/mol. The van der Waals surface area contributed by atoms with Crippen molar-refractivity contribution in [2.24, 2.45) is 4.99 Å². The van der Waals surface area contributed by atoms with Crippen LogP contribution < -0.4 is 10.6 Å². The van der Waals surface area contributed by atoms with Crippen molar-refractivity contribution in [1.29, 1.82) is 0 Å². The number of hydrogen-bond acceptors (Lipinski definition) is 3. The van der Waals surface area contributed by atoms with Crippen molar-refractivity contribution in [1.82, 2.24) is 25.4 Å². The molecule has 142 valence electrons. The molecule has 0 unspecified atom stereocenters. The summed E-state index contributed by atoms with van der Waals surface area (Å²) in [5.41, 5.74) is 1.49. The highest BCUT2D eigenvalue weighted by Gasteiger charge is 2.15. The third kappa shape index (κ3) is 5.15. The number of rotatable bonds is 5. The van der Waals surface area contributed by atoms with Crippen LogP contribution in [0.25, 0.3) is 0 Å². The Bertz CT molecular complexity index is 758. The van der Waals surface area contributed by atoms with Crippen molar-refractivity contribution in [3.63, 3.8) is 0 Å². The van der Waals surface area contributed by atoms with E-state index in [2.05, 4.69) is 30.4 Å². The summed E-state index contributed by atoms with van der Waals surface area (Å²) in [6.07, 6.45) is 3.36. The summed E-state index contributed by atoms with van der Waals surface area (Å²) >= 11 is 0. The molecule has 0 saturated carbocycles. The molecule has 1 aromatic heterocycles. The molecule has 0 radical (unpaired) electrons. The maximum atomic E-state index is 13.6. The van der Waals surface area contributed by atoms with E-state index in [1.54, 1.807) is 13.0 Å². The van der Waals surface area contributed by atoms with Crippen molar-refractivity contribution in [2.45, 2.75) is 52.7 Å². The van der Waals surface area contributed by atoms with Crippen molar-refractivity contribution in [3.05, 3.63) is 46.8 Å². The van der Waals surface area contributed by atoms with Gasteiger partial charge in [-0.3, -0.25) is 0 Å². The highest BCUT2D eigenvalue weighted by molar-refractivity contribution is 14.0. The van der Waals surface area contributed by atoms with Crippen molar-refractivity contribution in [3.8, 4) is 0 Å². The molecule has 26 heavy (non-hydrogen) atoms. The monoisotopic (exact) mass is 472 g/mol. The molecule has 0 atom stereocenters. The first-order valence-electron chi connectivity index (χ1n) is 8.85. The zero-order valence-electron chi connectivity index (χ0n) is 15.3. The second-order valence-electron chi connectivity index (χ2n) is 6.27. The summed E-state index contributed by atoms with van der Waals surface area (Å²) in [5, 5.41) is 15.1. The fraction of sp³-hybridized carbons (Fsp3) is 0.500. The van der Waals surface area contributed by atoms with Crippen LogP contribution in [0.15, 0.2) is 23.2 Å². The summed E-state index contributed by atoms with van der Waals surface area (Å²) in [4.78, 5) is 4.54. The zero-order valence-corrected chi connectivity index (χ0v) is 17.6. The second kappa shape index (κ2) is 9.84. The first kappa shape index (κ1) is 20.6. The smallest absolute Gasteiger partial charge is 0.191 e. The quantitative estimate of drug-likeness (QED) is 0.399. The van der Waals surface area contributed by atoms with Crippen LogP contribution in [0, 0.1) is 12.7 Å². The lowest BCUT2D eigenvalue weighted by Crippen LogP contribution is -2.37. The summed E-state index contributed by atoms with van der Waals surface area (Å²) in [7, 11) is 0. The Morgan fingerprint density at radius 3 is 2.88 bits per heavy atom. The molecule has 0 fully saturated rings. The molecular formula is C18H26FIN6. The van der Waals surface area contributed by atoms with Crippen LogP contribution in [-0.2, 0) is 26.1 Å². The maximum absolute atomic E-state index is 13.6. The number of hydrogen-bond donors (Lipinski definition) is 2. The van der Waals surface area contributed by atoms with Crippen LogP contribution in [0.1, 0.15) is 42.5 Å². The van der Waals surface area contributed by atoms with Crippen molar-refractivity contribution < 1.29 is 4.39 Å². The number of benzene rings is 1. The van der Waals surface area contributed by atoms with Gasteiger partial charge in [-0.2, -0.15) is 0 Å². The van der Waals surface area contributed by atoms with E-state index in [4.69, 9.17) is 0 Å². The average molecular weight is 472 g/mol. The number of nitrogens with zero attached hydrogens (tertiary/aromatic N) is 4. The van der Waals surface area contributed by atoms with Gasteiger partial charge >= 0.3 is 0 Å². The predicted octanol–water partition coefficient (Wildman–Crippen LogP) is 2.94. The van der Waals surface area contributed by atoms with Gasteiger partial charge in [0, 0.05) is 19.5 Å². The second-order valence-corrected chi connectivity index (χ2v) is 6.27. The van der Waals surface area contributed by atoms with Crippen LogP contribution in [0.3, 0.4) is 0 Å². The lowest BCUT2D eigenvalue weighted by atomic mass is 10.1. The van der Waals surface area contributed by atoms with Crippen LogP contribution in [0.4, 0.5) is 4.39 Å². The number of aliphatic imine (C=N–C) groups is 1. The van der Waals surface area contributed by atoms with E-state index in [-0.39, 0.29) is 29.8 Å². The number of nitrogens with one attached hydrogen (secondary N) is 2. The highest BCUT2D eigenvalue weighted by Crippen LogP contribution is 2.14. The molecule has 0 bridgehead atoms. The largest absolute Gasteiger partial charge is 0.357 e. The number of fused-ring (bicyclic) bond motifs is 1. The Labute approximate surface area is 170 Å². The average Bonchev–Trinajstić information content (AvgIpc) is 3.03. The minimum atomic E-state index is -0.194. The lowest BCUT2D eigenvalue weighted by Gasteiger charge is -2.16. The topological polar surface area (TPSA) is 67.1 Å². The number of aromatic nitrogens is 3.